The molecule has 0 radical (unpaired) electrons. The SMILES string of the molecule is O=[N+]([O-])c1cccnc1-c1ccc(Br)cn1. The van der Waals surface area contributed by atoms with Gasteiger partial charge in [-0.05, 0) is 34.1 Å². The fourth-order valence-corrected chi connectivity index (χ4v) is 1.49. The third kappa shape index (κ3) is 2.06. The van der Waals surface area contributed by atoms with Crippen molar-refractivity contribution >= 4 is 21.6 Å². The van der Waals surface area contributed by atoms with Crippen LogP contribution in [-0.4, -0.2) is 14.9 Å². The minimum absolute atomic E-state index is 0.0441. The van der Waals surface area contributed by atoms with Gasteiger partial charge in [0.2, 0.25) is 0 Å². The van der Waals surface area contributed by atoms with Crippen molar-refractivity contribution < 1.29 is 4.92 Å². The molecule has 0 saturated carbocycles. The fraction of sp³-hybridized carbons (Fsp3) is 0. The molecule has 0 unspecified atom stereocenters. The molecule has 80 valence electrons. The zero-order valence-electron chi connectivity index (χ0n) is 8.00. The molecule has 2 heterocycles. The monoisotopic (exact) mass is 279 g/mol. The fourth-order valence-electron chi connectivity index (χ4n) is 1.26. The van der Waals surface area contributed by atoms with Gasteiger partial charge in [0.25, 0.3) is 5.69 Å². The van der Waals surface area contributed by atoms with Crippen molar-refractivity contribution in [3.8, 4) is 11.4 Å². The smallest absolute Gasteiger partial charge is 0.258 e. The first-order chi connectivity index (χ1) is 7.68. The van der Waals surface area contributed by atoms with Gasteiger partial charge in [0, 0.05) is 22.9 Å². The van der Waals surface area contributed by atoms with Gasteiger partial charge in [0.1, 0.15) is 0 Å². The minimum Gasteiger partial charge on any atom is -0.258 e. The van der Waals surface area contributed by atoms with E-state index in [1.807, 2.05) is 0 Å². The molecule has 0 aromatic carbocycles. The van der Waals surface area contributed by atoms with E-state index in [4.69, 9.17) is 0 Å². The topological polar surface area (TPSA) is 68.9 Å². The molecule has 16 heavy (non-hydrogen) atoms. The third-order valence-electron chi connectivity index (χ3n) is 1.95. The standard InChI is InChI=1S/C10H6BrN3O2/c11-7-3-4-8(13-6-7)10-9(14(15)16)2-1-5-12-10/h1-6H. The van der Waals surface area contributed by atoms with Crippen molar-refractivity contribution in [2.24, 2.45) is 0 Å². The van der Waals surface area contributed by atoms with Gasteiger partial charge in [-0.15, -0.1) is 0 Å². The second-order valence-corrected chi connectivity index (χ2v) is 3.91. The molecule has 0 fully saturated rings. The molecule has 5 nitrogen and oxygen atoms in total. The van der Waals surface area contributed by atoms with Crippen LogP contribution in [0.15, 0.2) is 41.1 Å². The van der Waals surface area contributed by atoms with Gasteiger partial charge in [0.15, 0.2) is 5.69 Å². The quantitative estimate of drug-likeness (QED) is 0.626. The number of hydrogen-bond acceptors (Lipinski definition) is 4. The van der Waals surface area contributed by atoms with Crippen molar-refractivity contribution in [1.82, 2.24) is 9.97 Å². The molecule has 2 aromatic rings. The Kier molecular flexibility index (Phi) is 2.91. The predicted octanol–water partition coefficient (Wildman–Crippen LogP) is 2.81. The molecule has 2 aromatic heterocycles. The van der Waals surface area contributed by atoms with Crippen molar-refractivity contribution in [2.75, 3.05) is 0 Å². The molecule has 0 bridgehead atoms. The molecule has 0 saturated heterocycles. The first kappa shape index (κ1) is 10.7. The number of rotatable bonds is 2. The molecular weight excluding hydrogens is 274 g/mol. The number of nitrogens with zero attached hydrogens (tertiary/aromatic N) is 3. The van der Waals surface area contributed by atoms with Crippen molar-refractivity contribution in [3.63, 3.8) is 0 Å². The van der Waals surface area contributed by atoms with E-state index < -0.39 is 4.92 Å². The summed E-state index contributed by atoms with van der Waals surface area (Å²) in [6, 6.07) is 6.38. The number of hydrogen-bond donors (Lipinski definition) is 0. The van der Waals surface area contributed by atoms with Crippen LogP contribution in [0.5, 0.6) is 0 Å². The maximum absolute atomic E-state index is 10.8. The maximum Gasteiger partial charge on any atom is 0.297 e. The van der Waals surface area contributed by atoms with E-state index in [1.54, 1.807) is 18.3 Å². The summed E-state index contributed by atoms with van der Waals surface area (Å²) in [7, 11) is 0. The lowest BCUT2D eigenvalue weighted by Gasteiger charge is -2.00. The summed E-state index contributed by atoms with van der Waals surface area (Å²) in [4.78, 5) is 18.4. The van der Waals surface area contributed by atoms with Crippen molar-refractivity contribution in [1.29, 1.82) is 0 Å². The number of pyridine rings is 2. The Hall–Kier alpha value is -1.82. The lowest BCUT2D eigenvalue weighted by Crippen LogP contribution is -1.95. The molecule has 0 aliphatic carbocycles. The first-order valence-corrected chi connectivity index (χ1v) is 5.19. The van der Waals surface area contributed by atoms with Crippen LogP contribution in [-0.2, 0) is 0 Å². The van der Waals surface area contributed by atoms with Gasteiger partial charge >= 0.3 is 0 Å². The van der Waals surface area contributed by atoms with E-state index in [-0.39, 0.29) is 11.4 Å². The van der Waals surface area contributed by atoms with E-state index in [0.29, 0.717) is 5.69 Å². The zero-order valence-corrected chi connectivity index (χ0v) is 9.59. The van der Waals surface area contributed by atoms with E-state index in [9.17, 15) is 10.1 Å². The zero-order chi connectivity index (χ0) is 11.5. The molecule has 0 aliphatic heterocycles. The molecular formula is C10H6BrN3O2. The Balaban J connectivity index is 2.55. The average Bonchev–Trinajstić information content (AvgIpc) is 2.30. The summed E-state index contributed by atoms with van der Waals surface area (Å²) < 4.78 is 0.815. The van der Waals surface area contributed by atoms with E-state index >= 15 is 0 Å². The van der Waals surface area contributed by atoms with Crippen LogP contribution in [0.2, 0.25) is 0 Å². The second kappa shape index (κ2) is 4.36. The van der Waals surface area contributed by atoms with Crippen LogP contribution < -0.4 is 0 Å². The number of halogens is 1. The molecule has 0 spiro atoms. The summed E-state index contributed by atoms with van der Waals surface area (Å²) in [5.41, 5.74) is 0.716. The Bertz CT molecular complexity index is 528. The molecule has 0 aliphatic rings. The van der Waals surface area contributed by atoms with Crippen molar-refractivity contribution in [3.05, 3.63) is 51.2 Å². The van der Waals surface area contributed by atoms with Crippen LogP contribution in [0.4, 0.5) is 5.69 Å². The molecule has 0 amide bonds. The highest BCUT2D eigenvalue weighted by molar-refractivity contribution is 9.10. The summed E-state index contributed by atoms with van der Waals surface area (Å²) in [6.45, 7) is 0. The molecule has 0 atom stereocenters. The van der Waals surface area contributed by atoms with Crippen LogP contribution in [0, 0.1) is 10.1 Å². The third-order valence-corrected chi connectivity index (χ3v) is 2.42. The highest BCUT2D eigenvalue weighted by Crippen LogP contribution is 2.25. The van der Waals surface area contributed by atoms with E-state index in [1.165, 1.54) is 18.3 Å². The average molecular weight is 280 g/mol. The summed E-state index contributed by atoms with van der Waals surface area (Å²) in [5, 5.41) is 10.8. The predicted molar refractivity (Wildman–Crippen MR) is 61.8 cm³/mol. The van der Waals surface area contributed by atoms with E-state index in [0.717, 1.165) is 4.47 Å². The Morgan fingerprint density at radius 1 is 1.25 bits per heavy atom. The maximum atomic E-state index is 10.8. The van der Waals surface area contributed by atoms with Gasteiger partial charge in [-0.25, -0.2) is 4.98 Å². The van der Waals surface area contributed by atoms with Crippen LogP contribution in [0.25, 0.3) is 11.4 Å². The Morgan fingerprint density at radius 2 is 2.06 bits per heavy atom. The highest BCUT2D eigenvalue weighted by Gasteiger charge is 2.16. The highest BCUT2D eigenvalue weighted by atomic mass is 79.9. The Labute approximate surface area is 99.4 Å². The summed E-state index contributed by atoms with van der Waals surface area (Å²) >= 11 is 3.25. The van der Waals surface area contributed by atoms with Crippen LogP contribution in [0.1, 0.15) is 0 Å². The number of nitro groups is 1. The minimum atomic E-state index is -0.466. The van der Waals surface area contributed by atoms with Gasteiger partial charge in [-0.1, -0.05) is 0 Å². The normalized spacial score (nSPS) is 10.1. The van der Waals surface area contributed by atoms with Crippen molar-refractivity contribution in [2.45, 2.75) is 0 Å². The van der Waals surface area contributed by atoms with Gasteiger partial charge in [-0.3, -0.25) is 15.1 Å². The van der Waals surface area contributed by atoms with Gasteiger partial charge in [-0.2, -0.15) is 0 Å². The Morgan fingerprint density at radius 3 is 2.69 bits per heavy atom. The lowest BCUT2D eigenvalue weighted by molar-refractivity contribution is -0.384. The van der Waals surface area contributed by atoms with Gasteiger partial charge in [0.05, 0.1) is 10.6 Å². The summed E-state index contributed by atoms with van der Waals surface area (Å²) in [5.74, 6) is 0. The van der Waals surface area contributed by atoms with Gasteiger partial charge < -0.3 is 0 Å². The first-order valence-electron chi connectivity index (χ1n) is 4.40. The summed E-state index contributed by atoms with van der Waals surface area (Å²) in [6.07, 6.45) is 3.08. The van der Waals surface area contributed by atoms with Crippen LogP contribution >= 0.6 is 15.9 Å². The molecule has 0 N–H and O–H groups in total. The lowest BCUT2D eigenvalue weighted by atomic mass is 10.2. The van der Waals surface area contributed by atoms with Crippen LogP contribution in [0.3, 0.4) is 0 Å². The molecule has 2 rings (SSSR count). The molecule has 6 heteroatoms. The number of aromatic nitrogens is 2. The second-order valence-electron chi connectivity index (χ2n) is 2.99. The van der Waals surface area contributed by atoms with E-state index in [2.05, 4.69) is 25.9 Å². The largest absolute Gasteiger partial charge is 0.297 e.